The van der Waals surface area contributed by atoms with Crippen LogP contribution in [0.3, 0.4) is 0 Å². The summed E-state index contributed by atoms with van der Waals surface area (Å²) < 4.78 is 5.46. The average molecular weight is 430 g/mol. The van der Waals surface area contributed by atoms with Gasteiger partial charge in [-0.3, -0.25) is 9.69 Å². The molecule has 0 atom stereocenters. The second-order valence-corrected chi connectivity index (χ2v) is 8.41. The normalized spacial score (nSPS) is 18.5. The van der Waals surface area contributed by atoms with Crippen LogP contribution in [-0.2, 0) is 22.6 Å². The first-order chi connectivity index (χ1) is 15.3. The van der Waals surface area contributed by atoms with E-state index in [0.29, 0.717) is 19.6 Å². The van der Waals surface area contributed by atoms with E-state index < -0.39 is 0 Å². The fourth-order valence-corrected chi connectivity index (χ4v) is 4.25. The summed E-state index contributed by atoms with van der Waals surface area (Å²) in [7, 11) is 0. The zero-order chi connectivity index (χ0) is 21.7. The van der Waals surface area contributed by atoms with Crippen LogP contribution in [0, 0.1) is 5.92 Å². The third-order valence-electron chi connectivity index (χ3n) is 6.06. The predicted molar refractivity (Wildman–Crippen MR) is 125 cm³/mol. The summed E-state index contributed by atoms with van der Waals surface area (Å²) in [6.45, 7) is 9.30. The number of hydrogen-bond donors (Lipinski definition) is 3. The van der Waals surface area contributed by atoms with E-state index in [-0.39, 0.29) is 11.8 Å². The number of nitrogens with zero attached hydrogens (tertiary/aromatic N) is 2. The maximum absolute atomic E-state index is 12.3. The first-order valence-electron chi connectivity index (χ1n) is 11.9. The van der Waals surface area contributed by atoms with Gasteiger partial charge in [0.05, 0.1) is 19.8 Å². The van der Waals surface area contributed by atoms with Gasteiger partial charge in [0.15, 0.2) is 5.96 Å². The molecule has 0 radical (unpaired) electrons. The minimum Gasteiger partial charge on any atom is -0.379 e. The van der Waals surface area contributed by atoms with E-state index in [9.17, 15) is 4.79 Å². The third kappa shape index (κ3) is 8.15. The van der Waals surface area contributed by atoms with E-state index in [1.54, 1.807) is 0 Å². The standard InChI is InChI=1S/C24H39N5O2/c1-2-25-24(27-13-12-26-23(30)20-8-4-3-5-9-20)28-18-21-10-6-7-11-22(21)19-29-14-16-31-17-15-29/h6-7,10-11,20H,2-5,8-9,12-19H2,1H3,(H,26,30)(H2,25,27,28). The molecule has 31 heavy (non-hydrogen) atoms. The number of rotatable bonds is 9. The summed E-state index contributed by atoms with van der Waals surface area (Å²) in [5.41, 5.74) is 2.57. The van der Waals surface area contributed by atoms with Gasteiger partial charge in [0.25, 0.3) is 0 Å². The lowest BCUT2D eigenvalue weighted by Gasteiger charge is -2.27. The number of ether oxygens (including phenoxy) is 1. The summed E-state index contributed by atoms with van der Waals surface area (Å²) in [6, 6.07) is 8.53. The highest BCUT2D eigenvalue weighted by atomic mass is 16.5. The minimum absolute atomic E-state index is 0.207. The van der Waals surface area contributed by atoms with E-state index in [2.05, 4.69) is 52.0 Å². The maximum Gasteiger partial charge on any atom is 0.223 e. The van der Waals surface area contributed by atoms with Crippen molar-refractivity contribution in [2.75, 3.05) is 45.9 Å². The second-order valence-electron chi connectivity index (χ2n) is 8.41. The van der Waals surface area contributed by atoms with E-state index in [1.807, 2.05) is 0 Å². The molecule has 7 nitrogen and oxygen atoms in total. The van der Waals surface area contributed by atoms with Crippen LogP contribution in [0.25, 0.3) is 0 Å². The van der Waals surface area contributed by atoms with E-state index in [1.165, 1.54) is 30.4 Å². The fourth-order valence-electron chi connectivity index (χ4n) is 4.25. The first kappa shape index (κ1) is 23.5. The van der Waals surface area contributed by atoms with Crippen molar-refractivity contribution < 1.29 is 9.53 Å². The highest BCUT2D eigenvalue weighted by Crippen LogP contribution is 2.23. The van der Waals surface area contributed by atoms with Gasteiger partial charge in [-0.1, -0.05) is 43.5 Å². The van der Waals surface area contributed by atoms with Gasteiger partial charge in [0, 0.05) is 45.2 Å². The second kappa shape index (κ2) is 13.3. The highest BCUT2D eigenvalue weighted by molar-refractivity contribution is 5.80. The van der Waals surface area contributed by atoms with Crippen molar-refractivity contribution in [3.8, 4) is 0 Å². The molecule has 0 spiro atoms. The van der Waals surface area contributed by atoms with Gasteiger partial charge in [-0.05, 0) is 30.9 Å². The Kier molecular flexibility index (Phi) is 10.1. The number of benzene rings is 1. The van der Waals surface area contributed by atoms with Crippen LogP contribution in [-0.4, -0.2) is 62.7 Å². The highest BCUT2D eigenvalue weighted by Gasteiger charge is 2.20. The van der Waals surface area contributed by atoms with Crippen LogP contribution in [0.4, 0.5) is 0 Å². The van der Waals surface area contributed by atoms with Crippen molar-refractivity contribution in [1.82, 2.24) is 20.9 Å². The molecule has 172 valence electrons. The van der Waals surface area contributed by atoms with Crippen LogP contribution < -0.4 is 16.0 Å². The van der Waals surface area contributed by atoms with E-state index in [4.69, 9.17) is 9.73 Å². The number of amides is 1. The lowest BCUT2D eigenvalue weighted by Crippen LogP contribution is -2.42. The molecule has 2 fully saturated rings. The van der Waals surface area contributed by atoms with Crippen molar-refractivity contribution in [2.24, 2.45) is 10.9 Å². The molecule has 2 aliphatic rings. The Labute approximate surface area is 187 Å². The molecule has 1 saturated carbocycles. The molecular formula is C24H39N5O2. The van der Waals surface area contributed by atoms with Crippen molar-refractivity contribution in [1.29, 1.82) is 0 Å². The number of hydrogen-bond acceptors (Lipinski definition) is 4. The molecule has 0 aromatic heterocycles. The number of aliphatic imine (C=N–C) groups is 1. The van der Waals surface area contributed by atoms with Crippen LogP contribution in [0.5, 0.6) is 0 Å². The predicted octanol–water partition coefficient (Wildman–Crippen LogP) is 2.27. The van der Waals surface area contributed by atoms with Gasteiger partial charge in [0.2, 0.25) is 5.91 Å². The van der Waals surface area contributed by atoms with Crippen LogP contribution >= 0.6 is 0 Å². The van der Waals surface area contributed by atoms with Crippen LogP contribution in [0.2, 0.25) is 0 Å². The van der Waals surface area contributed by atoms with E-state index >= 15 is 0 Å². The molecule has 7 heteroatoms. The zero-order valence-electron chi connectivity index (χ0n) is 19.0. The maximum atomic E-state index is 12.3. The van der Waals surface area contributed by atoms with Crippen molar-refractivity contribution in [3.05, 3.63) is 35.4 Å². The van der Waals surface area contributed by atoms with Gasteiger partial charge in [-0.2, -0.15) is 0 Å². The summed E-state index contributed by atoms with van der Waals surface area (Å²) in [6.07, 6.45) is 5.70. The molecule has 1 aromatic carbocycles. The van der Waals surface area contributed by atoms with E-state index in [0.717, 1.165) is 58.2 Å². The summed E-state index contributed by atoms with van der Waals surface area (Å²) in [4.78, 5) is 19.5. The van der Waals surface area contributed by atoms with Crippen LogP contribution in [0.15, 0.2) is 29.3 Å². The molecule has 0 bridgehead atoms. The molecule has 1 aliphatic heterocycles. The van der Waals surface area contributed by atoms with Gasteiger partial charge in [-0.25, -0.2) is 4.99 Å². The van der Waals surface area contributed by atoms with Gasteiger partial charge in [0.1, 0.15) is 0 Å². The molecule has 3 rings (SSSR count). The molecule has 3 N–H and O–H groups in total. The van der Waals surface area contributed by atoms with Crippen molar-refractivity contribution >= 4 is 11.9 Å². The minimum atomic E-state index is 0.207. The number of morpholine rings is 1. The average Bonchev–Trinajstić information content (AvgIpc) is 2.82. The Bertz CT molecular complexity index is 697. The SMILES string of the molecule is CCNC(=NCc1ccccc1CN1CCOCC1)NCCNC(=O)C1CCCCC1. The largest absolute Gasteiger partial charge is 0.379 e. The molecule has 1 heterocycles. The van der Waals surface area contributed by atoms with Crippen molar-refractivity contribution in [2.45, 2.75) is 52.1 Å². The molecule has 1 saturated heterocycles. The number of guanidine groups is 1. The van der Waals surface area contributed by atoms with Gasteiger partial charge < -0.3 is 20.7 Å². The number of nitrogens with one attached hydrogen (secondary N) is 3. The summed E-state index contributed by atoms with van der Waals surface area (Å²) in [5, 5.41) is 9.73. The Morgan fingerprint density at radius 3 is 2.48 bits per heavy atom. The monoisotopic (exact) mass is 429 g/mol. The first-order valence-corrected chi connectivity index (χ1v) is 11.9. The smallest absolute Gasteiger partial charge is 0.223 e. The van der Waals surface area contributed by atoms with Crippen LogP contribution in [0.1, 0.15) is 50.2 Å². The zero-order valence-corrected chi connectivity index (χ0v) is 19.0. The number of carbonyl (C=O) groups excluding carboxylic acids is 1. The molecular weight excluding hydrogens is 390 g/mol. The summed E-state index contributed by atoms with van der Waals surface area (Å²) in [5.74, 6) is 1.20. The Hall–Kier alpha value is -2.12. The molecule has 1 amide bonds. The molecule has 0 unspecified atom stereocenters. The van der Waals surface area contributed by atoms with Gasteiger partial charge >= 0.3 is 0 Å². The summed E-state index contributed by atoms with van der Waals surface area (Å²) >= 11 is 0. The lowest BCUT2D eigenvalue weighted by atomic mass is 9.89. The van der Waals surface area contributed by atoms with Gasteiger partial charge in [-0.15, -0.1) is 0 Å². The third-order valence-corrected chi connectivity index (χ3v) is 6.06. The fraction of sp³-hybridized carbons (Fsp3) is 0.667. The molecule has 1 aliphatic carbocycles. The Morgan fingerprint density at radius 2 is 1.74 bits per heavy atom. The topological polar surface area (TPSA) is 78.0 Å². The van der Waals surface area contributed by atoms with Crippen molar-refractivity contribution in [3.63, 3.8) is 0 Å². The lowest BCUT2D eigenvalue weighted by molar-refractivity contribution is -0.125. The number of carbonyl (C=O) groups is 1. The molecule has 1 aromatic rings. The quantitative estimate of drug-likeness (QED) is 0.319. The Morgan fingerprint density at radius 1 is 1.03 bits per heavy atom. The Balaban J connectivity index is 1.47.